The topological polar surface area (TPSA) is 84.9 Å². The van der Waals surface area contributed by atoms with E-state index < -0.39 is 24.0 Å². The van der Waals surface area contributed by atoms with Crippen molar-refractivity contribution in [1.82, 2.24) is 5.32 Å². The first-order valence-corrected chi connectivity index (χ1v) is 7.39. The molecule has 1 amide bonds. The molecule has 0 spiro atoms. The van der Waals surface area contributed by atoms with Gasteiger partial charge >= 0.3 is 5.97 Å². The van der Waals surface area contributed by atoms with E-state index in [0.29, 0.717) is 28.8 Å². The predicted molar refractivity (Wildman–Crippen MR) is 80.3 cm³/mol. The Labute approximate surface area is 137 Å². The van der Waals surface area contributed by atoms with Crippen molar-refractivity contribution < 1.29 is 24.2 Å². The zero-order chi connectivity index (χ0) is 16.1. The van der Waals surface area contributed by atoms with Crippen molar-refractivity contribution in [2.75, 3.05) is 19.8 Å². The van der Waals surface area contributed by atoms with Crippen LogP contribution in [0.2, 0.25) is 10.0 Å². The van der Waals surface area contributed by atoms with E-state index in [1.807, 2.05) is 0 Å². The SMILES string of the molecule is O=C(O)C(Cc1cc(Cl)cc(Cl)c1)NC(=O)C1COCCO1. The molecule has 0 radical (unpaired) electrons. The Balaban J connectivity index is 2.03. The number of carboxylic acids is 1. The minimum atomic E-state index is -1.15. The van der Waals surface area contributed by atoms with Crippen LogP contribution in [0.1, 0.15) is 5.56 Å². The molecule has 0 aliphatic carbocycles. The van der Waals surface area contributed by atoms with Crippen LogP contribution in [0.3, 0.4) is 0 Å². The van der Waals surface area contributed by atoms with Gasteiger partial charge in [-0.3, -0.25) is 4.79 Å². The molecule has 1 aliphatic heterocycles. The number of carbonyl (C=O) groups is 2. The van der Waals surface area contributed by atoms with Crippen LogP contribution in [-0.4, -0.2) is 48.9 Å². The Morgan fingerprint density at radius 3 is 2.50 bits per heavy atom. The lowest BCUT2D eigenvalue weighted by Crippen LogP contribution is -2.50. The molecular weight excluding hydrogens is 333 g/mol. The highest BCUT2D eigenvalue weighted by Crippen LogP contribution is 2.20. The van der Waals surface area contributed by atoms with E-state index in [2.05, 4.69) is 5.32 Å². The number of amides is 1. The molecule has 2 rings (SSSR count). The summed E-state index contributed by atoms with van der Waals surface area (Å²) in [5.74, 6) is -1.67. The predicted octanol–water partition coefficient (Wildman–Crippen LogP) is 1.52. The third-order valence-electron chi connectivity index (χ3n) is 3.09. The van der Waals surface area contributed by atoms with Crippen LogP contribution in [-0.2, 0) is 25.5 Å². The zero-order valence-electron chi connectivity index (χ0n) is 11.6. The van der Waals surface area contributed by atoms with Crippen molar-refractivity contribution in [3.63, 3.8) is 0 Å². The van der Waals surface area contributed by atoms with E-state index in [1.165, 1.54) is 0 Å². The average molecular weight is 348 g/mol. The van der Waals surface area contributed by atoms with Gasteiger partial charge in [-0.25, -0.2) is 4.79 Å². The van der Waals surface area contributed by atoms with Crippen molar-refractivity contribution in [3.8, 4) is 0 Å². The van der Waals surface area contributed by atoms with Crippen LogP contribution in [0.25, 0.3) is 0 Å². The Morgan fingerprint density at radius 2 is 1.95 bits per heavy atom. The molecule has 2 N–H and O–H groups in total. The van der Waals surface area contributed by atoms with Gasteiger partial charge in [0, 0.05) is 16.5 Å². The van der Waals surface area contributed by atoms with Gasteiger partial charge in [0.05, 0.1) is 19.8 Å². The lowest BCUT2D eigenvalue weighted by Gasteiger charge is -2.24. The molecule has 1 saturated heterocycles. The molecule has 0 saturated carbocycles. The van der Waals surface area contributed by atoms with Crippen LogP contribution in [0, 0.1) is 0 Å². The number of hydrogen-bond donors (Lipinski definition) is 2. The maximum absolute atomic E-state index is 12.0. The molecule has 0 aromatic heterocycles. The van der Waals surface area contributed by atoms with E-state index in [9.17, 15) is 14.7 Å². The largest absolute Gasteiger partial charge is 0.480 e. The van der Waals surface area contributed by atoms with Gasteiger partial charge < -0.3 is 19.9 Å². The smallest absolute Gasteiger partial charge is 0.326 e. The molecule has 22 heavy (non-hydrogen) atoms. The van der Waals surface area contributed by atoms with Gasteiger partial charge in [0.25, 0.3) is 5.91 Å². The zero-order valence-corrected chi connectivity index (χ0v) is 13.1. The lowest BCUT2D eigenvalue weighted by atomic mass is 10.1. The van der Waals surface area contributed by atoms with Gasteiger partial charge in [-0.05, 0) is 23.8 Å². The standard InChI is InChI=1S/C14H15Cl2NO5/c15-9-3-8(4-10(16)6-9)5-11(14(19)20)17-13(18)12-7-21-1-2-22-12/h3-4,6,11-12H,1-2,5,7H2,(H,17,18)(H,19,20). The molecule has 0 bridgehead atoms. The Bertz CT molecular complexity index is 540. The summed E-state index contributed by atoms with van der Waals surface area (Å²) in [4.78, 5) is 23.3. The highest BCUT2D eigenvalue weighted by atomic mass is 35.5. The molecule has 6 nitrogen and oxygen atoms in total. The third kappa shape index (κ3) is 4.84. The summed E-state index contributed by atoms with van der Waals surface area (Å²) in [5.41, 5.74) is 0.617. The van der Waals surface area contributed by atoms with E-state index >= 15 is 0 Å². The molecule has 1 fully saturated rings. The number of carboxylic acid groups (broad SMARTS) is 1. The van der Waals surface area contributed by atoms with Gasteiger partial charge in [-0.2, -0.15) is 0 Å². The fourth-order valence-corrected chi connectivity index (χ4v) is 2.64. The van der Waals surface area contributed by atoms with Crippen LogP contribution in [0.4, 0.5) is 0 Å². The van der Waals surface area contributed by atoms with Crippen molar-refractivity contribution in [2.24, 2.45) is 0 Å². The fourth-order valence-electron chi connectivity index (χ4n) is 2.07. The van der Waals surface area contributed by atoms with E-state index in [4.69, 9.17) is 32.7 Å². The second-order valence-corrected chi connectivity index (χ2v) is 5.69. The summed E-state index contributed by atoms with van der Waals surface area (Å²) in [6.07, 6.45) is -0.729. The summed E-state index contributed by atoms with van der Waals surface area (Å²) in [6, 6.07) is 3.66. The maximum Gasteiger partial charge on any atom is 0.326 e. The summed E-state index contributed by atoms with van der Waals surface area (Å²) >= 11 is 11.8. The second kappa shape index (κ2) is 7.78. The molecule has 2 unspecified atom stereocenters. The highest BCUT2D eigenvalue weighted by Gasteiger charge is 2.28. The van der Waals surface area contributed by atoms with E-state index in [-0.39, 0.29) is 13.0 Å². The third-order valence-corrected chi connectivity index (χ3v) is 3.52. The number of carbonyl (C=O) groups excluding carboxylic acids is 1. The van der Waals surface area contributed by atoms with Crippen molar-refractivity contribution in [1.29, 1.82) is 0 Å². The van der Waals surface area contributed by atoms with E-state index in [0.717, 1.165) is 0 Å². The second-order valence-electron chi connectivity index (χ2n) is 4.82. The maximum atomic E-state index is 12.0. The van der Waals surface area contributed by atoms with Crippen molar-refractivity contribution >= 4 is 35.1 Å². The van der Waals surface area contributed by atoms with Gasteiger partial charge in [-0.1, -0.05) is 23.2 Å². The first kappa shape index (κ1) is 17.0. The number of rotatable bonds is 5. The fraction of sp³-hybridized carbons (Fsp3) is 0.429. The highest BCUT2D eigenvalue weighted by molar-refractivity contribution is 6.34. The summed E-state index contributed by atoms with van der Waals surface area (Å²) in [7, 11) is 0. The van der Waals surface area contributed by atoms with Gasteiger partial charge in [0.15, 0.2) is 6.10 Å². The first-order valence-electron chi connectivity index (χ1n) is 6.63. The molecule has 2 atom stereocenters. The molecule has 1 aliphatic rings. The Hall–Kier alpha value is -1.34. The Kier molecular flexibility index (Phi) is 6.02. The average Bonchev–Trinajstić information content (AvgIpc) is 2.46. The van der Waals surface area contributed by atoms with Crippen molar-refractivity contribution in [3.05, 3.63) is 33.8 Å². The first-order chi connectivity index (χ1) is 10.5. The molecule has 120 valence electrons. The number of hydrogen-bond acceptors (Lipinski definition) is 4. The van der Waals surface area contributed by atoms with Crippen LogP contribution >= 0.6 is 23.2 Å². The molecular formula is C14H15Cl2NO5. The lowest BCUT2D eigenvalue weighted by molar-refractivity contribution is -0.152. The summed E-state index contributed by atoms with van der Waals surface area (Å²) in [5, 5.41) is 12.5. The summed E-state index contributed by atoms with van der Waals surface area (Å²) < 4.78 is 10.4. The van der Waals surface area contributed by atoms with Crippen molar-refractivity contribution in [2.45, 2.75) is 18.6 Å². The summed E-state index contributed by atoms with van der Waals surface area (Å²) in [6.45, 7) is 0.841. The normalized spacial score (nSPS) is 19.5. The van der Waals surface area contributed by atoms with Crippen LogP contribution < -0.4 is 5.32 Å². The molecule has 8 heteroatoms. The Morgan fingerprint density at radius 1 is 1.27 bits per heavy atom. The number of nitrogens with one attached hydrogen (secondary N) is 1. The number of benzene rings is 1. The van der Waals surface area contributed by atoms with Crippen LogP contribution in [0.15, 0.2) is 18.2 Å². The van der Waals surface area contributed by atoms with Gasteiger partial charge in [0.1, 0.15) is 6.04 Å². The number of halogens is 2. The minimum Gasteiger partial charge on any atom is -0.480 e. The molecule has 1 aromatic carbocycles. The number of ether oxygens (including phenoxy) is 2. The number of aliphatic carboxylic acids is 1. The minimum absolute atomic E-state index is 0.0644. The molecule has 1 aromatic rings. The molecule has 1 heterocycles. The quantitative estimate of drug-likeness (QED) is 0.843. The van der Waals surface area contributed by atoms with Crippen LogP contribution in [0.5, 0.6) is 0 Å². The van der Waals surface area contributed by atoms with Gasteiger partial charge in [0.2, 0.25) is 0 Å². The van der Waals surface area contributed by atoms with Gasteiger partial charge in [-0.15, -0.1) is 0 Å². The van der Waals surface area contributed by atoms with E-state index in [1.54, 1.807) is 18.2 Å². The monoisotopic (exact) mass is 347 g/mol.